The van der Waals surface area contributed by atoms with E-state index < -0.39 is 18.8 Å². The summed E-state index contributed by atoms with van der Waals surface area (Å²) in [4.78, 5) is 0. The monoisotopic (exact) mass is 494 g/mol. The van der Waals surface area contributed by atoms with Gasteiger partial charge in [0.2, 0.25) is 0 Å². The molecule has 0 aliphatic carbocycles. The molecule has 0 fully saturated rings. The van der Waals surface area contributed by atoms with Gasteiger partial charge in [-0.3, -0.25) is 0 Å². The van der Waals surface area contributed by atoms with Crippen molar-refractivity contribution < 1.29 is 3.07 Å². The predicted octanol–water partition coefficient (Wildman–Crippen LogP) is 8.73. The van der Waals surface area contributed by atoms with Gasteiger partial charge in [0.25, 0.3) is 0 Å². The standard InChI is InChI=1S/C12H9ClO.3C4H9.Sn/c13-10-6-7-12(14)11(8-10)9-4-2-1-3-5-9;3*1-3-4-2;/h1-8,14H;3*1,3-4H2,2H3;/q;;;;+1/p-1. The van der Waals surface area contributed by atoms with Gasteiger partial charge in [-0.2, -0.15) is 0 Å². The van der Waals surface area contributed by atoms with Crippen molar-refractivity contribution in [3.63, 3.8) is 0 Å². The van der Waals surface area contributed by atoms with Gasteiger partial charge < -0.3 is 0 Å². The van der Waals surface area contributed by atoms with E-state index in [9.17, 15) is 0 Å². The molecule has 0 radical (unpaired) electrons. The zero-order valence-electron chi connectivity index (χ0n) is 17.3. The molecule has 0 spiro atoms. The Morgan fingerprint density at radius 1 is 0.778 bits per heavy atom. The van der Waals surface area contributed by atoms with Crippen LogP contribution in [-0.4, -0.2) is 18.8 Å². The van der Waals surface area contributed by atoms with Crippen LogP contribution in [0.15, 0.2) is 48.5 Å². The molecule has 0 bridgehead atoms. The normalized spacial score (nSPS) is 11.6. The molecular weight excluding hydrogens is 458 g/mol. The minimum absolute atomic E-state index is 0.776. The van der Waals surface area contributed by atoms with E-state index in [1.807, 2.05) is 6.07 Å². The molecule has 0 amide bonds. The molecule has 0 unspecified atom stereocenters. The molecule has 0 saturated heterocycles. The SMILES string of the molecule is CCC[CH2][Sn]([CH2]CCC)([CH2]CCC)[O]c1ccc(Cl)cc1-c1ccccc1. The van der Waals surface area contributed by atoms with E-state index in [4.69, 9.17) is 14.7 Å². The maximum atomic E-state index is 7.10. The summed E-state index contributed by atoms with van der Waals surface area (Å²) in [5.74, 6) is 1.06. The summed E-state index contributed by atoms with van der Waals surface area (Å²) in [5.41, 5.74) is 2.34. The number of halogens is 1. The number of unbranched alkanes of at least 4 members (excludes halogenated alkanes) is 3. The van der Waals surface area contributed by atoms with Gasteiger partial charge in [-0.05, 0) is 0 Å². The Morgan fingerprint density at radius 3 is 1.85 bits per heavy atom. The Morgan fingerprint density at radius 2 is 1.33 bits per heavy atom. The van der Waals surface area contributed by atoms with Crippen LogP contribution in [0.25, 0.3) is 11.1 Å². The number of benzene rings is 2. The zero-order valence-corrected chi connectivity index (χ0v) is 20.9. The first-order valence-corrected chi connectivity index (χ1v) is 18.3. The van der Waals surface area contributed by atoms with Crippen LogP contribution in [0.4, 0.5) is 0 Å². The van der Waals surface area contributed by atoms with E-state index in [1.165, 1.54) is 57.4 Å². The van der Waals surface area contributed by atoms with Gasteiger partial charge in [0.1, 0.15) is 0 Å². The summed E-state index contributed by atoms with van der Waals surface area (Å²) in [6, 6.07) is 16.7. The van der Waals surface area contributed by atoms with Crippen LogP contribution in [-0.2, 0) is 0 Å². The van der Waals surface area contributed by atoms with Gasteiger partial charge in [0.05, 0.1) is 0 Å². The fourth-order valence-electron chi connectivity index (χ4n) is 3.69. The molecule has 0 saturated carbocycles. The molecule has 1 nitrogen and oxygen atoms in total. The first kappa shape index (κ1) is 22.6. The molecule has 0 aromatic heterocycles. The second-order valence-electron chi connectivity index (χ2n) is 7.60. The quantitative estimate of drug-likeness (QED) is 0.269. The zero-order chi connectivity index (χ0) is 19.5. The van der Waals surface area contributed by atoms with Crippen LogP contribution in [0.2, 0.25) is 18.3 Å². The van der Waals surface area contributed by atoms with Gasteiger partial charge in [-0.25, -0.2) is 0 Å². The summed E-state index contributed by atoms with van der Waals surface area (Å²) < 4.78 is 11.1. The average molecular weight is 494 g/mol. The molecule has 0 atom stereocenters. The Hall–Kier alpha value is -0.671. The van der Waals surface area contributed by atoms with E-state index in [-0.39, 0.29) is 0 Å². The topological polar surface area (TPSA) is 9.23 Å². The van der Waals surface area contributed by atoms with Crippen LogP contribution in [0.1, 0.15) is 59.3 Å². The van der Waals surface area contributed by atoms with E-state index in [1.54, 1.807) is 0 Å². The van der Waals surface area contributed by atoms with E-state index in [2.05, 4.69) is 63.2 Å². The van der Waals surface area contributed by atoms with Gasteiger partial charge in [0, 0.05) is 0 Å². The Labute approximate surface area is 175 Å². The molecular formula is C24H35ClOSn. The molecule has 2 aromatic carbocycles. The fraction of sp³-hybridized carbons (Fsp3) is 0.500. The van der Waals surface area contributed by atoms with Crippen molar-refractivity contribution in [2.45, 2.75) is 72.6 Å². The summed E-state index contributed by atoms with van der Waals surface area (Å²) in [6.07, 6.45) is 7.68. The van der Waals surface area contributed by atoms with Crippen molar-refractivity contribution in [2.75, 3.05) is 0 Å². The van der Waals surface area contributed by atoms with Crippen LogP contribution in [0, 0.1) is 0 Å². The second-order valence-corrected chi connectivity index (χ2v) is 19.7. The van der Waals surface area contributed by atoms with Crippen molar-refractivity contribution in [3.05, 3.63) is 53.6 Å². The summed E-state index contributed by atoms with van der Waals surface area (Å²) >= 11 is 3.63. The van der Waals surface area contributed by atoms with Crippen molar-refractivity contribution in [2.24, 2.45) is 0 Å². The van der Waals surface area contributed by atoms with Gasteiger partial charge >= 0.3 is 177 Å². The van der Waals surface area contributed by atoms with Gasteiger partial charge in [-0.15, -0.1) is 0 Å². The number of hydrogen-bond donors (Lipinski definition) is 0. The maximum absolute atomic E-state index is 7.10. The molecule has 0 N–H and O–H groups in total. The van der Waals surface area contributed by atoms with Crippen LogP contribution in [0.3, 0.4) is 0 Å². The predicted molar refractivity (Wildman–Crippen MR) is 122 cm³/mol. The summed E-state index contributed by atoms with van der Waals surface area (Å²) in [6.45, 7) is 6.90. The van der Waals surface area contributed by atoms with E-state index in [0.717, 1.165) is 16.3 Å². The summed E-state index contributed by atoms with van der Waals surface area (Å²) in [5, 5.41) is 0.776. The van der Waals surface area contributed by atoms with Gasteiger partial charge in [-0.1, -0.05) is 0 Å². The Kier molecular flexibility index (Phi) is 10.1. The molecule has 27 heavy (non-hydrogen) atoms. The van der Waals surface area contributed by atoms with Crippen molar-refractivity contribution in [1.82, 2.24) is 0 Å². The molecule has 0 aliphatic heterocycles. The molecule has 2 aromatic rings. The average Bonchev–Trinajstić information content (AvgIpc) is 2.71. The minimum atomic E-state index is -2.72. The molecule has 148 valence electrons. The van der Waals surface area contributed by atoms with Crippen LogP contribution >= 0.6 is 11.6 Å². The first-order valence-electron chi connectivity index (χ1n) is 10.7. The Balaban J connectivity index is 2.40. The second kappa shape index (κ2) is 12.0. The van der Waals surface area contributed by atoms with E-state index >= 15 is 0 Å². The third kappa shape index (κ3) is 7.01. The third-order valence-electron chi connectivity index (χ3n) is 5.31. The number of rotatable bonds is 12. The van der Waals surface area contributed by atoms with Crippen molar-refractivity contribution in [1.29, 1.82) is 0 Å². The third-order valence-corrected chi connectivity index (χ3v) is 18.2. The van der Waals surface area contributed by atoms with Gasteiger partial charge in [0.15, 0.2) is 0 Å². The molecule has 2 rings (SSSR count). The van der Waals surface area contributed by atoms with Crippen molar-refractivity contribution >= 4 is 30.4 Å². The molecule has 3 heteroatoms. The molecule has 0 heterocycles. The van der Waals surface area contributed by atoms with Crippen LogP contribution < -0.4 is 3.07 Å². The van der Waals surface area contributed by atoms with Crippen LogP contribution in [0.5, 0.6) is 5.75 Å². The summed E-state index contributed by atoms with van der Waals surface area (Å²) in [7, 11) is 0. The number of hydrogen-bond acceptors (Lipinski definition) is 1. The first-order chi connectivity index (χ1) is 13.1. The fourth-order valence-corrected chi connectivity index (χ4v) is 17.3. The van der Waals surface area contributed by atoms with E-state index in [0.29, 0.717) is 0 Å². The van der Waals surface area contributed by atoms with Crippen molar-refractivity contribution in [3.8, 4) is 16.9 Å². The molecule has 0 aliphatic rings. The Bertz CT molecular complexity index is 650.